The zero-order chi connectivity index (χ0) is 20.1. The van der Waals surface area contributed by atoms with E-state index in [1.54, 1.807) is 0 Å². The Morgan fingerprint density at radius 2 is 1.78 bits per heavy atom. The average Bonchev–Trinajstić information content (AvgIpc) is 2.56. The van der Waals surface area contributed by atoms with E-state index in [1.807, 2.05) is 34.6 Å². The summed E-state index contributed by atoms with van der Waals surface area (Å²) in [6.45, 7) is 19.5. The number of ether oxygens (including phenoxy) is 1. The number of aliphatic imine (C=N–C) groups is 1. The van der Waals surface area contributed by atoms with Crippen LogP contribution in [0.4, 0.5) is 4.79 Å². The van der Waals surface area contributed by atoms with Crippen molar-refractivity contribution in [3.8, 4) is 0 Å². The highest BCUT2D eigenvalue weighted by Crippen LogP contribution is 2.15. The van der Waals surface area contributed by atoms with E-state index in [0.717, 1.165) is 38.7 Å². The molecule has 0 aromatic heterocycles. The number of hydrogen-bond acceptors (Lipinski definition) is 5. The second-order valence-electron chi connectivity index (χ2n) is 9.08. The van der Waals surface area contributed by atoms with Crippen LogP contribution in [0.2, 0.25) is 0 Å². The fraction of sp³-hybridized carbons (Fsp3) is 0.895. The van der Waals surface area contributed by atoms with Gasteiger partial charge in [-0.3, -0.25) is 14.8 Å². The fourth-order valence-corrected chi connectivity index (χ4v) is 3.37. The number of amides is 1. The van der Waals surface area contributed by atoms with Gasteiger partial charge in [-0.1, -0.05) is 0 Å². The van der Waals surface area contributed by atoms with Crippen LogP contribution >= 0.6 is 0 Å². The molecule has 3 aliphatic rings. The number of nitrogens with zero attached hydrogens (tertiary/aromatic N) is 3. The first-order chi connectivity index (χ1) is 12.6. The number of guanidine groups is 1. The lowest BCUT2D eigenvalue weighted by Gasteiger charge is -2.47. The number of nitrogens with one attached hydrogen (secondary N) is 3. The van der Waals surface area contributed by atoms with Crippen molar-refractivity contribution in [1.82, 2.24) is 25.8 Å². The van der Waals surface area contributed by atoms with Crippen LogP contribution in [-0.4, -0.2) is 91.4 Å². The summed E-state index contributed by atoms with van der Waals surface area (Å²) in [6, 6.07) is 0.532. The lowest BCUT2D eigenvalue weighted by molar-refractivity contribution is 0.0154. The van der Waals surface area contributed by atoms with Crippen LogP contribution in [0.15, 0.2) is 4.99 Å². The van der Waals surface area contributed by atoms with Crippen molar-refractivity contribution < 1.29 is 9.53 Å². The molecule has 3 N–H and O–H groups in total. The molecule has 27 heavy (non-hydrogen) atoms. The molecule has 0 saturated carbocycles. The van der Waals surface area contributed by atoms with Gasteiger partial charge >= 0.3 is 6.09 Å². The van der Waals surface area contributed by atoms with Gasteiger partial charge in [-0.05, 0) is 41.5 Å². The predicted molar refractivity (Wildman–Crippen MR) is 109 cm³/mol. The molecule has 3 rings (SSSR count). The first-order valence-corrected chi connectivity index (χ1v) is 10.1. The first-order valence-electron chi connectivity index (χ1n) is 10.1. The number of fused-ring (bicyclic) bond motifs is 3. The van der Waals surface area contributed by atoms with Gasteiger partial charge in [-0.15, -0.1) is 0 Å². The molecule has 1 atom stereocenters. The van der Waals surface area contributed by atoms with Crippen molar-refractivity contribution >= 4 is 12.1 Å². The lowest BCUT2D eigenvalue weighted by Crippen LogP contribution is -2.63. The quantitative estimate of drug-likeness (QED) is 0.467. The second kappa shape index (κ2) is 9.10. The zero-order valence-electron chi connectivity index (χ0n) is 17.9. The first kappa shape index (κ1) is 21.8. The van der Waals surface area contributed by atoms with Gasteiger partial charge in [0.15, 0.2) is 5.96 Å². The Morgan fingerprint density at radius 3 is 2.30 bits per heavy atom. The minimum Gasteiger partial charge on any atom is -0.444 e. The molecule has 2 bridgehead atoms. The molecule has 3 fully saturated rings. The second-order valence-corrected chi connectivity index (χ2v) is 9.08. The Bertz CT molecular complexity index is 521. The molecule has 1 unspecified atom stereocenters. The van der Waals surface area contributed by atoms with E-state index < -0.39 is 17.2 Å². The van der Waals surface area contributed by atoms with Crippen LogP contribution in [0.25, 0.3) is 0 Å². The maximum Gasteiger partial charge on any atom is 0.408 e. The molecular formula is C19H38N6O2. The number of carbonyl (C=O) groups is 1. The van der Waals surface area contributed by atoms with E-state index in [2.05, 4.69) is 37.7 Å². The molecule has 3 aliphatic heterocycles. The van der Waals surface area contributed by atoms with Gasteiger partial charge < -0.3 is 20.7 Å². The highest BCUT2D eigenvalue weighted by molar-refractivity contribution is 5.80. The normalized spacial score (nSPS) is 25.9. The van der Waals surface area contributed by atoms with E-state index in [-0.39, 0.29) is 0 Å². The number of carbonyl (C=O) groups excluding carboxylic acids is 1. The highest BCUT2D eigenvalue weighted by Gasteiger charge is 2.31. The molecule has 8 heteroatoms. The van der Waals surface area contributed by atoms with Crippen LogP contribution in [-0.2, 0) is 4.74 Å². The smallest absolute Gasteiger partial charge is 0.408 e. The molecular weight excluding hydrogens is 344 g/mol. The van der Waals surface area contributed by atoms with Gasteiger partial charge in [0.25, 0.3) is 0 Å². The van der Waals surface area contributed by atoms with Gasteiger partial charge in [0.2, 0.25) is 0 Å². The van der Waals surface area contributed by atoms with Crippen molar-refractivity contribution in [1.29, 1.82) is 0 Å². The van der Waals surface area contributed by atoms with Crippen LogP contribution in [0.1, 0.15) is 41.5 Å². The maximum absolute atomic E-state index is 12.0. The molecule has 1 amide bonds. The zero-order valence-corrected chi connectivity index (χ0v) is 17.9. The summed E-state index contributed by atoms with van der Waals surface area (Å²) >= 11 is 0. The Hall–Kier alpha value is -1.54. The van der Waals surface area contributed by atoms with Crippen LogP contribution < -0.4 is 16.0 Å². The van der Waals surface area contributed by atoms with Crippen molar-refractivity contribution in [2.75, 3.05) is 52.4 Å². The van der Waals surface area contributed by atoms with E-state index in [9.17, 15) is 4.79 Å². The lowest BCUT2D eigenvalue weighted by atomic mass is 10.1. The minimum atomic E-state index is -0.509. The third-order valence-electron chi connectivity index (χ3n) is 4.71. The standard InChI is InChI=1S/C19H38N6O2/c1-7-20-16(21-12-15-13-24-8-10-25(15)11-9-24)22-14-19(5,6)23-17(26)27-18(2,3)4/h15H,7-14H2,1-6H3,(H,23,26)(H2,20,21,22). The summed E-state index contributed by atoms with van der Waals surface area (Å²) < 4.78 is 5.34. The Labute approximate surface area is 164 Å². The van der Waals surface area contributed by atoms with Crippen LogP contribution in [0, 0.1) is 0 Å². The number of hydrogen-bond donors (Lipinski definition) is 3. The Balaban J connectivity index is 1.85. The predicted octanol–water partition coefficient (Wildman–Crippen LogP) is 0.845. The molecule has 0 radical (unpaired) electrons. The average molecular weight is 383 g/mol. The van der Waals surface area contributed by atoms with E-state index >= 15 is 0 Å². The Kier molecular flexibility index (Phi) is 7.33. The molecule has 3 saturated heterocycles. The number of piperazine rings is 3. The molecule has 0 spiro atoms. The summed E-state index contributed by atoms with van der Waals surface area (Å²) in [5, 5.41) is 9.66. The molecule has 8 nitrogen and oxygen atoms in total. The number of rotatable bonds is 6. The van der Waals surface area contributed by atoms with Crippen LogP contribution in [0.5, 0.6) is 0 Å². The van der Waals surface area contributed by atoms with Crippen molar-refractivity contribution in [3.63, 3.8) is 0 Å². The molecule has 156 valence electrons. The summed E-state index contributed by atoms with van der Waals surface area (Å²) in [6.07, 6.45) is -0.416. The van der Waals surface area contributed by atoms with E-state index in [0.29, 0.717) is 12.6 Å². The summed E-state index contributed by atoms with van der Waals surface area (Å²) in [4.78, 5) is 21.8. The van der Waals surface area contributed by atoms with E-state index in [4.69, 9.17) is 4.74 Å². The van der Waals surface area contributed by atoms with Gasteiger partial charge in [0, 0.05) is 51.9 Å². The highest BCUT2D eigenvalue weighted by atomic mass is 16.6. The van der Waals surface area contributed by atoms with Crippen molar-refractivity contribution in [2.24, 2.45) is 4.99 Å². The maximum atomic E-state index is 12.0. The molecule has 0 aromatic rings. The molecule has 0 aromatic carbocycles. The SMILES string of the molecule is CCNC(=NCC(C)(C)NC(=O)OC(C)(C)C)NCC1CN2CCN1CC2. The van der Waals surface area contributed by atoms with Crippen molar-refractivity contribution in [2.45, 2.75) is 58.7 Å². The third kappa shape index (κ3) is 7.54. The number of alkyl carbamates (subject to hydrolysis) is 1. The molecule has 0 aliphatic carbocycles. The Morgan fingerprint density at radius 1 is 1.11 bits per heavy atom. The summed E-state index contributed by atoms with van der Waals surface area (Å²) in [5.74, 6) is 0.786. The summed E-state index contributed by atoms with van der Waals surface area (Å²) in [7, 11) is 0. The van der Waals surface area contributed by atoms with Gasteiger partial charge in [-0.2, -0.15) is 0 Å². The van der Waals surface area contributed by atoms with E-state index in [1.165, 1.54) is 13.1 Å². The van der Waals surface area contributed by atoms with Gasteiger partial charge in [-0.25, -0.2) is 4.79 Å². The topological polar surface area (TPSA) is 81.2 Å². The van der Waals surface area contributed by atoms with Crippen LogP contribution in [0.3, 0.4) is 0 Å². The molecule has 3 heterocycles. The van der Waals surface area contributed by atoms with Crippen molar-refractivity contribution in [3.05, 3.63) is 0 Å². The summed E-state index contributed by atoms with van der Waals surface area (Å²) in [5.41, 5.74) is -1.01. The monoisotopic (exact) mass is 382 g/mol. The largest absolute Gasteiger partial charge is 0.444 e. The van der Waals surface area contributed by atoms with Gasteiger partial charge in [0.1, 0.15) is 5.60 Å². The minimum absolute atomic E-state index is 0.416. The third-order valence-corrected chi connectivity index (χ3v) is 4.71. The fourth-order valence-electron chi connectivity index (χ4n) is 3.37. The van der Waals surface area contributed by atoms with Gasteiger partial charge in [0.05, 0.1) is 12.1 Å².